The molecule has 0 bridgehead atoms. The number of nitrogens with one attached hydrogen (secondary N) is 1. The van der Waals surface area contributed by atoms with Crippen LogP contribution in [0, 0.1) is 13.8 Å². The van der Waals surface area contributed by atoms with Gasteiger partial charge in [-0.25, -0.2) is 0 Å². The van der Waals surface area contributed by atoms with Crippen molar-refractivity contribution < 1.29 is 14.7 Å². The van der Waals surface area contributed by atoms with Gasteiger partial charge >= 0.3 is 0 Å². The van der Waals surface area contributed by atoms with Crippen molar-refractivity contribution in [3.05, 3.63) is 53.1 Å². The molecule has 0 spiro atoms. The summed E-state index contributed by atoms with van der Waals surface area (Å²) in [6.45, 7) is 9.76. The lowest BCUT2D eigenvalue weighted by Crippen LogP contribution is -3.13. The van der Waals surface area contributed by atoms with Crippen LogP contribution in [0.5, 0.6) is 11.5 Å². The first kappa shape index (κ1) is 16.7. The number of nitrogens with zero attached hydrogens (tertiary/aromatic N) is 1. The SMILES string of the molecule is COc1cc(C[NH+]2CCN(c3cccc(C)c3C)CC2)ccc1O. The first-order valence-electron chi connectivity index (χ1n) is 8.59. The molecular formula is C20H27N2O2+. The summed E-state index contributed by atoms with van der Waals surface area (Å²) in [7, 11) is 1.59. The Morgan fingerprint density at radius 3 is 2.58 bits per heavy atom. The van der Waals surface area contributed by atoms with E-state index in [2.05, 4.69) is 36.9 Å². The van der Waals surface area contributed by atoms with Crippen molar-refractivity contribution in [2.24, 2.45) is 0 Å². The minimum Gasteiger partial charge on any atom is -0.504 e. The molecule has 1 fully saturated rings. The van der Waals surface area contributed by atoms with Crippen LogP contribution >= 0.6 is 0 Å². The molecule has 0 atom stereocenters. The number of methoxy groups -OCH3 is 1. The van der Waals surface area contributed by atoms with Crippen molar-refractivity contribution in [1.82, 2.24) is 0 Å². The van der Waals surface area contributed by atoms with Gasteiger partial charge in [-0.1, -0.05) is 12.1 Å². The second-order valence-corrected chi connectivity index (χ2v) is 6.64. The van der Waals surface area contributed by atoms with E-state index in [1.54, 1.807) is 18.1 Å². The van der Waals surface area contributed by atoms with Crippen LogP contribution in [0.3, 0.4) is 0 Å². The van der Waals surface area contributed by atoms with E-state index < -0.39 is 0 Å². The molecule has 4 nitrogen and oxygen atoms in total. The lowest BCUT2D eigenvalue weighted by molar-refractivity contribution is -0.914. The van der Waals surface area contributed by atoms with Crippen molar-refractivity contribution in [3.63, 3.8) is 0 Å². The fraction of sp³-hybridized carbons (Fsp3) is 0.400. The van der Waals surface area contributed by atoms with Crippen LogP contribution in [0.15, 0.2) is 36.4 Å². The zero-order valence-electron chi connectivity index (χ0n) is 14.8. The molecule has 24 heavy (non-hydrogen) atoms. The Bertz CT molecular complexity index is 707. The van der Waals surface area contributed by atoms with Crippen molar-refractivity contribution >= 4 is 5.69 Å². The number of piperazine rings is 1. The summed E-state index contributed by atoms with van der Waals surface area (Å²) in [4.78, 5) is 4.08. The quantitative estimate of drug-likeness (QED) is 0.901. The van der Waals surface area contributed by atoms with Crippen molar-refractivity contribution in [2.75, 3.05) is 38.2 Å². The van der Waals surface area contributed by atoms with Gasteiger partial charge < -0.3 is 19.6 Å². The first-order chi connectivity index (χ1) is 11.6. The second-order valence-electron chi connectivity index (χ2n) is 6.64. The number of phenolic OH excluding ortho intramolecular Hbond substituents is 1. The van der Waals surface area contributed by atoms with Gasteiger partial charge in [0.05, 0.1) is 33.3 Å². The minimum atomic E-state index is 0.205. The fourth-order valence-electron chi connectivity index (χ4n) is 3.44. The number of quaternary nitrogens is 1. The van der Waals surface area contributed by atoms with Gasteiger partial charge in [0, 0.05) is 11.3 Å². The molecular weight excluding hydrogens is 300 g/mol. The predicted molar refractivity (Wildman–Crippen MR) is 97.2 cm³/mol. The smallest absolute Gasteiger partial charge is 0.160 e. The number of benzene rings is 2. The standard InChI is InChI=1S/C20H26N2O2/c1-15-5-4-6-18(16(15)2)22-11-9-21(10-12-22)14-17-7-8-19(23)20(13-17)24-3/h4-8,13,23H,9-12,14H2,1-3H3/p+1. The molecule has 4 heteroatoms. The van der Waals surface area contributed by atoms with E-state index in [4.69, 9.17) is 4.74 Å². The Labute approximate surface area is 144 Å². The molecule has 0 unspecified atom stereocenters. The summed E-state index contributed by atoms with van der Waals surface area (Å²) in [5.41, 5.74) is 5.34. The van der Waals surface area contributed by atoms with E-state index in [1.807, 2.05) is 12.1 Å². The van der Waals surface area contributed by atoms with Gasteiger partial charge in [0.25, 0.3) is 0 Å². The van der Waals surface area contributed by atoms with E-state index in [1.165, 1.54) is 22.4 Å². The third-order valence-corrected chi connectivity index (χ3v) is 5.09. The lowest BCUT2D eigenvalue weighted by atomic mass is 10.1. The zero-order valence-corrected chi connectivity index (χ0v) is 14.8. The molecule has 2 aromatic carbocycles. The molecule has 3 rings (SSSR count). The Morgan fingerprint density at radius 1 is 1.12 bits per heavy atom. The van der Waals surface area contributed by atoms with E-state index in [9.17, 15) is 5.11 Å². The number of hydrogen-bond acceptors (Lipinski definition) is 3. The van der Waals surface area contributed by atoms with Crippen LogP contribution in [0.2, 0.25) is 0 Å². The summed E-state index contributed by atoms with van der Waals surface area (Å²) in [5.74, 6) is 0.761. The first-order valence-corrected chi connectivity index (χ1v) is 8.59. The van der Waals surface area contributed by atoms with Crippen LogP contribution in [0.25, 0.3) is 0 Å². The highest BCUT2D eigenvalue weighted by molar-refractivity contribution is 5.56. The summed E-state index contributed by atoms with van der Waals surface area (Å²) in [6.07, 6.45) is 0. The van der Waals surface area contributed by atoms with Gasteiger partial charge in [-0.15, -0.1) is 0 Å². The number of anilines is 1. The monoisotopic (exact) mass is 327 g/mol. The number of aromatic hydroxyl groups is 1. The molecule has 0 aliphatic carbocycles. The average molecular weight is 327 g/mol. The largest absolute Gasteiger partial charge is 0.504 e. The van der Waals surface area contributed by atoms with Crippen molar-refractivity contribution in [3.8, 4) is 11.5 Å². The fourth-order valence-corrected chi connectivity index (χ4v) is 3.44. The minimum absolute atomic E-state index is 0.205. The van der Waals surface area contributed by atoms with Gasteiger partial charge in [0.1, 0.15) is 6.54 Å². The average Bonchev–Trinajstić information content (AvgIpc) is 2.60. The van der Waals surface area contributed by atoms with E-state index in [-0.39, 0.29) is 5.75 Å². The van der Waals surface area contributed by atoms with Crippen LogP contribution < -0.4 is 14.5 Å². The Hall–Kier alpha value is -2.20. The highest BCUT2D eigenvalue weighted by Crippen LogP contribution is 2.26. The molecule has 1 aliphatic heterocycles. The third kappa shape index (κ3) is 3.49. The molecule has 0 aromatic heterocycles. The number of rotatable bonds is 4. The number of aryl methyl sites for hydroxylation is 1. The van der Waals surface area contributed by atoms with Crippen molar-refractivity contribution in [1.29, 1.82) is 0 Å². The predicted octanol–water partition coefficient (Wildman–Crippen LogP) is 1.92. The molecule has 128 valence electrons. The maximum atomic E-state index is 9.71. The summed E-state index contributed by atoms with van der Waals surface area (Å²) in [5, 5.41) is 9.71. The van der Waals surface area contributed by atoms with Crippen molar-refractivity contribution in [2.45, 2.75) is 20.4 Å². The van der Waals surface area contributed by atoms with Gasteiger partial charge in [-0.2, -0.15) is 0 Å². The maximum Gasteiger partial charge on any atom is 0.160 e. The summed E-state index contributed by atoms with van der Waals surface area (Å²) in [6, 6.07) is 12.2. The van der Waals surface area contributed by atoms with E-state index in [0.29, 0.717) is 5.75 Å². The summed E-state index contributed by atoms with van der Waals surface area (Å²) < 4.78 is 5.21. The number of ether oxygens (including phenoxy) is 1. The van der Waals surface area contributed by atoms with Crippen LogP contribution in [-0.4, -0.2) is 38.4 Å². The topological polar surface area (TPSA) is 37.1 Å². The Morgan fingerprint density at radius 2 is 1.88 bits per heavy atom. The van der Waals surface area contributed by atoms with Gasteiger partial charge in [-0.3, -0.25) is 0 Å². The number of phenols is 1. The Kier molecular flexibility index (Phi) is 4.95. The van der Waals surface area contributed by atoms with Crippen LogP contribution in [0.4, 0.5) is 5.69 Å². The van der Waals surface area contributed by atoms with Crippen LogP contribution in [-0.2, 0) is 6.54 Å². The van der Waals surface area contributed by atoms with Gasteiger partial charge in [0.15, 0.2) is 11.5 Å². The molecule has 0 radical (unpaired) electrons. The van der Waals surface area contributed by atoms with E-state index in [0.717, 1.165) is 32.7 Å². The molecule has 1 saturated heterocycles. The third-order valence-electron chi connectivity index (χ3n) is 5.09. The maximum absolute atomic E-state index is 9.71. The second kappa shape index (κ2) is 7.14. The highest BCUT2D eigenvalue weighted by Gasteiger charge is 2.22. The van der Waals surface area contributed by atoms with E-state index >= 15 is 0 Å². The zero-order chi connectivity index (χ0) is 17.1. The normalized spacial score (nSPS) is 15.5. The Balaban J connectivity index is 1.62. The molecule has 2 aromatic rings. The van der Waals surface area contributed by atoms with Gasteiger partial charge in [0.2, 0.25) is 0 Å². The lowest BCUT2D eigenvalue weighted by Gasteiger charge is -2.34. The highest BCUT2D eigenvalue weighted by atomic mass is 16.5. The summed E-state index contributed by atoms with van der Waals surface area (Å²) >= 11 is 0. The molecule has 0 amide bonds. The number of hydrogen-bond donors (Lipinski definition) is 2. The van der Waals surface area contributed by atoms with Gasteiger partial charge in [-0.05, 0) is 49.2 Å². The molecule has 2 N–H and O–H groups in total. The molecule has 1 heterocycles. The molecule has 1 aliphatic rings. The van der Waals surface area contributed by atoms with Crippen LogP contribution in [0.1, 0.15) is 16.7 Å². The molecule has 0 saturated carbocycles.